The van der Waals surface area contributed by atoms with Crippen molar-refractivity contribution in [2.45, 2.75) is 12.7 Å². The molecule has 15 heavy (non-hydrogen) atoms. The Kier molecular flexibility index (Phi) is 3.46. The zero-order valence-electron chi connectivity index (χ0n) is 7.54. The minimum atomic E-state index is -4.65. The van der Waals surface area contributed by atoms with Gasteiger partial charge in [-0.05, 0) is 18.6 Å². The van der Waals surface area contributed by atoms with E-state index in [9.17, 15) is 17.2 Å². The zero-order chi connectivity index (χ0) is 11.6. The molecular formula is C7H7ClF2N2O2S. The quantitative estimate of drug-likeness (QED) is 0.842. The Balaban J connectivity index is 2.96. The van der Waals surface area contributed by atoms with Crippen molar-refractivity contribution < 1.29 is 17.2 Å². The molecule has 1 N–H and O–H groups in total. The van der Waals surface area contributed by atoms with E-state index in [1.807, 2.05) is 0 Å². The molecule has 0 aliphatic rings. The number of sulfonamides is 1. The third-order valence-electron chi connectivity index (χ3n) is 1.51. The molecule has 0 saturated heterocycles. The molecule has 0 aliphatic heterocycles. The average molecular weight is 257 g/mol. The second kappa shape index (κ2) is 4.28. The fourth-order valence-corrected chi connectivity index (χ4v) is 1.46. The predicted octanol–water partition coefficient (Wildman–Crippen LogP) is 2.01. The van der Waals surface area contributed by atoms with Crippen molar-refractivity contribution in [2.24, 2.45) is 0 Å². The second-order valence-electron chi connectivity index (χ2n) is 2.74. The van der Waals surface area contributed by atoms with E-state index in [0.29, 0.717) is 5.56 Å². The Labute approximate surface area is 90.3 Å². The predicted molar refractivity (Wildman–Crippen MR) is 52.5 cm³/mol. The summed E-state index contributed by atoms with van der Waals surface area (Å²) in [5.74, 6) is -3.48. The van der Waals surface area contributed by atoms with Gasteiger partial charge in [-0.3, -0.25) is 4.72 Å². The summed E-state index contributed by atoms with van der Waals surface area (Å²) in [6, 6.07) is 1.31. The van der Waals surface area contributed by atoms with Crippen molar-refractivity contribution in [3.8, 4) is 0 Å². The second-order valence-corrected chi connectivity index (χ2v) is 4.75. The summed E-state index contributed by atoms with van der Waals surface area (Å²) >= 11 is 5.58. The highest BCUT2D eigenvalue weighted by Crippen LogP contribution is 2.18. The first kappa shape index (κ1) is 12.1. The van der Waals surface area contributed by atoms with Crippen LogP contribution in [-0.2, 0) is 10.0 Å². The van der Waals surface area contributed by atoms with Crippen molar-refractivity contribution in [3.05, 3.63) is 23.0 Å². The molecule has 1 aromatic rings. The molecule has 0 bridgehead atoms. The Morgan fingerprint density at radius 2 is 2.13 bits per heavy atom. The molecule has 0 radical (unpaired) electrons. The topological polar surface area (TPSA) is 59.1 Å². The van der Waals surface area contributed by atoms with Crippen molar-refractivity contribution in [1.82, 2.24) is 4.98 Å². The third kappa shape index (κ3) is 3.00. The van der Waals surface area contributed by atoms with Crippen LogP contribution in [0.3, 0.4) is 0 Å². The number of anilines is 1. The highest BCUT2D eigenvalue weighted by molar-refractivity contribution is 7.93. The summed E-state index contributed by atoms with van der Waals surface area (Å²) < 4.78 is 47.2. The largest absolute Gasteiger partial charge is 0.355 e. The van der Waals surface area contributed by atoms with Crippen LogP contribution in [0.5, 0.6) is 0 Å². The molecule has 4 nitrogen and oxygen atoms in total. The summed E-state index contributed by atoms with van der Waals surface area (Å²) in [6.07, 6.45) is 1.06. The maximum absolute atomic E-state index is 12.0. The van der Waals surface area contributed by atoms with Gasteiger partial charge in [-0.15, -0.1) is 0 Å². The van der Waals surface area contributed by atoms with Gasteiger partial charge < -0.3 is 0 Å². The normalized spacial score (nSPS) is 11.8. The lowest BCUT2D eigenvalue weighted by molar-refractivity contribution is 0.236. The minimum absolute atomic E-state index is 0.0443. The van der Waals surface area contributed by atoms with E-state index < -0.39 is 15.8 Å². The van der Waals surface area contributed by atoms with Crippen molar-refractivity contribution >= 4 is 27.3 Å². The number of aromatic nitrogens is 1. The van der Waals surface area contributed by atoms with Gasteiger partial charge in [0.2, 0.25) is 0 Å². The highest BCUT2D eigenvalue weighted by Gasteiger charge is 2.23. The lowest BCUT2D eigenvalue weighted by atomic mass is 10.3. The number of hydrogen-bond donors (Lipinski definition) is 1. The zero-order valence-corrected chi connectivity index (χ0v) is 9.11. The Hall–Kier alpha value is -0.950. The lowest BCUT2D eigenvalue weighted by Gasteiger charge is -2.07. The fourth-order valence-electron chi connectivity index (χ4n) is 0.823. The molecule has 0 unspecified atom stereocenters. The van der Waals surface area contributed by atoms with Crippen LogP contribution in [-0.4, -0.2) is 19.2 Å². The van der Waals surface area contributed by atoms with Gasteiger partial charge in [0.1, 0.15) is 5.15 Å². The lowest BCUT2D eigenvalue weighted by Crippen LogP contribution is -2.20. The molecule has 0 amide bonds. The third-order valence-corrected chi connectivity index (χ3v) is 2.89. The van der Waals surface area contributed by atoms with Crippen LogP contribution in [0.4, 0.5) is 14.5 Å². The van der Waals surface area contributed by atoms with Gasteiger partial charge >= 0.3 is 5.76 Å². The van der Waals surface area contributed by atoms with E-state index in [0.717, 1.165) is 6.20 Å². The maximum Gasteiger partial charge on any atom is 0.355 e. The molecule has 0 saturated carbocycles. The van der Waals surface area contributed by atoms with Crippen LogP contribution >= 0.6 is 11.6 Å². The van der Waals surface area contributed by atoms with Gasteiger partial charge in [0.25, 0.3) is 10.0 Å². The van der Waals surface area contributed by atoms with Crippen LogP contribution in [0.2, 0.25) is 5.15 Å². The SMILES string of the molecule is Cc1cc(NS(=O)(=O)C(F)F)cnc1Cl. The summed E-state index contributed by atoms with van der Waals surface area (Å²) in [4.78, 5) is 3.62. The van der Waals surface area contributed by atoms with Gasteiger partial charge in [-0.1, -0.05) is 11.6 Å². The molecule has 1 aromatic heterocycles. The summed E-state index contributed by atoms with van der Waals surface area (Å²) in [5, 5.41) is 0.190. The van der Waals surface area contributed by atoms with Crippen molar-refractivity contribution in [3.63, 3.8) is 0 Å². The van der Waals surface area contributed by atoms with E-state index in [1.54, 1.807) is 11.6 Å². The molecule has 1 heterocycles. The molecular weight excluding hydrogens is 250 g/mol. The summed E-state index contributed by atoms with van der Waals surface area (Å²) in [7, 11) is -4.65. The van der Waals surface area contributed by atoms with Crippen LogP contribution in [0, 0.1) is 6.92 Å². The van der Waals surface area contributed by atoms with Crippen LogP contribution in [0.25, 0.3) is 0 Å². The fraction of sp³-hybridized carbons (Fsp3) is 0.286. The van der Waals surface area contributed by atoms with Gasteiger partial charge in [-0.25, -0.2) is 13.4 Å². The minimum Gasteiger partial charge on any atom is -0.277 e. The van der Waals surface area contributed by atoms with E-state index >= 15 is 0 Å². The molecule has 0 spiro atoms. The number of alkyl halides is 2. The number of nitrogens with one attached hydrogen (secondary N) is 1. The number of nitrogens with zero attached hydrogens (tertiary/aromatic N) is 1. The molecule has 0 atom stereocenters. The average Bonchev–Trinajstić information content (AvgIpc) is 2.10. The molecule has 0 aliphatic carbocycles. The Morgan fingerprint density at radius 3 is 2.60 bits per heavy atom. The van der Waals surface area contributed by atoms with Gasteiger partial charge in [0.15, 0.2) is 0 Å². The van der Waals surface area contributed by atoms with Crippen molar-refractivity contribution in [2.75, 3.05) is 4.72 Å². The number of hydrogen-bond acceptors (Lipinski definition) is 3. The standard InChI is InChI=1S/C7H7ClF2N2O2S/c1-4-2-5(3-11-6(4)8)12-15(13,14)7(9)10/h2-3,7,12H,1H3. The van der Waals surface area contributed by atoms with Gasteiger partial charge in [-0.2, -0.15) is 8.78 Å². The Bertz CT molecular complexity index is 464. The summed E-state index contributed by atoms with van der Waals surface area (Å²) in [6.45, 7) is 1.58. The molecule has 0 aromatic carbocycles. The number of pyridine rings is 1. The van der Waals surface area contributed by atoms with Gasteiger partial charge in [0, 0.05) is 0 Å². The van der Waals surface area contributed by atoms with E-state index in [2.05, 4.69) is 4.98 Å². The molecule has 8 heteroatoms. The molecule has 0 fully saturated rings. The number of aryl methyl sites for hydroxylation is 1. The van der Waals surface area contributed by atoms with E-state index in [1.165, 1.54) is 6.07 Å². The van der Waals surface area contributed by atoms with Gasteiger partial charge in [0.05, 0.1) is 11.9 Å². The van der Waals surface area contributed by atoms with Crippen LogP contribution in [0.15, 0.2) is 12.3 Å². The van der Waals surface area contributed by atoms with Crippen LogP contribution < -0.4 is 4.72 Å². The first-order valence-electron chi connectivity index (χ1n) is 3.75. The van der Waals surface area contributed by atoms with Crippen LogP contribution in [0.1, 0.15) is 5.56 Å². The van der Waals surface area contributed by atoms with E-state index in [-0.39, 0.29) is 10.8 Å². The Morgan fingerprint density at radius 1 is 1.53 bits per heavy atom. The van der Waals surface area contributed by atoms with Crippen molar-refractivity contribution in [1.29, 1.82) is 0 Å². The number of rotatable bonds is 3. The molecule has 84 valence electrons. The summed E-state index contributed by atoms with van der Waals surface area (Å²) in [5.41, 5.74) is 0.448. The first-order valence-corrected chi connectivity index (χ1v) is 5.67. The maximum atomic E-state index is 12.0. The monoisotopic (exact) mass is 256 g/mol. The smallest absolute Gasteiger partial charge is 0.277 e. The number of halogens is 3. The first-order chi connectivity index (χ1) is 6.83. The molecule has 1 rings (SSSR count). The van der Waals surface area contributed by atoms with E-state index in [4.69, 9.17) is 11.6 Å². The highest BCUT2D eigenvalue weighted by atomic mass is 35.5.